The topological polar surface area (TPSA) is 113 Å². The predicted molar refractivity (Wildman–Crippen MR) is 155 cm³/mol. The summed E-state index contributed by atoms with van der Waals surface area (Å²) < 4.78 is 11.8. The number of carbonyl (C=O) groups excluding carboxylic acids is 2. The maximum atomic E-state index is 13.0. The van der Waals surface area contributed by atoms with Crippen LogP contribution < -0.4 is 16.0 Å². The number of hydrogen-bond acceptors (Lipinski definition) is 7. The molecule has 0 unspecified atom stereocenters. The van der Waals surface area contributed by atoms with Gasteiger partial charge in [0.25, 0.3) is 0 Å². The van der Waals surface area contributed by atoms with Crippen molar-refractivity contribution in [1.29, 1.82) is 0 Å². The summed E-state index contributed by atoms with van der Waals surface area (Å²) in [4.78, 5) is 37.6. The number of carbonyl (C=O) groups is 2. The van der Waals surface area contributed by atoms with Crippen LogP contribution in [0.4, 0.5) is 0 Å². The molecule has 0 aliphatic rings. The zero-order chi connectivity index (χ0) is 28.4. The van der Waals surface area contributed by atoms with Crippen molar-refractivity contribution in [3.05, 3.63) is 105 Å². The number of amides is 1. The zero-order valence-electron chi connectivity index (χ0n) is 22.4. The highest BCUT2D eigenvalue weighted by atomic mass is 32.2. The van der Waals surface area contributed by atoms with Gasteiger partial charge < -0.3 is 24.1 Å². The Kier molecular flexibility index (Phi) is 7.80. The maximum absolute atomic E-state index is 13.0. The van der Waals surface area contributed by atoms with Gasteiger partial charge in [-0.3, -0.25) is 4.79 Å². The van der Waals surface area contributed by atoms with E-state index in [9.17, 15) is 19.5 Å². The number of furan rings is 1. The van der Waals surface area contributed by atoms with Gasteiger partial charge in [-0.05, 0) is 43.5 Å². The smallest absolute Gasteiger partial charge is 0.340 e. The number of nitrogens with one attached hydrogen (secondary N) is 1. The summed E-state index contributed by atoms with van der Waals surface area (Å²) in [6, 6.07) is 20.3. The molecular formula is C32H28NO6S-. The molecule has 0 saturated heterocycles. The van der Waals surface area contributed by atoms with E-state index in [0.29, 0.717) is 33.4 Å². The molecule has 0 saturated carbocycles. The summed E-state index contributed by atoms with van der Waals surface area (Å²) in [5, 5.41) is 15.8. The Morgan fingerprint density at radius 2 is 1.55 bits per heavy atom. The molecule has 0 aliphatic carbocycles. The molecule has 204 valence electrons. The van der Waals surface area contributed by atoms with Gasteiger partial charge in [-0.1, -0.05) is 60.7 Å². The fourth-order valence-electron chi connectivity index (χ4n) is 4.99. The lowest BCUT2D eigenvalue weighted by Crippen LogP contribution is -2.50. The van der Waals surface area contributed by atoms with Crippen LogP contribution in [0, 0.1) is 20.8 Å². The van der Waals surface area contributed by atoms with E-state index in [-0.39, 0.29) is 17.7 Å². The third-order valence-corrected chi connectivity index (χ3v) is 8.16. The average molecular weight is 555 g/mol. The summed E-state index contributed by atoms with van der Waals surface area (Å²) in [6.07, 6.45) is -0.315. The molecule has 0 radical (unpaired) electrons. The van der Waals surface area contributed by atoms with E-state index in [4.69, 9.17) is 8.83 Å². The van der Waals surface area contributed by atoms with E-state index < -0.39 is 23.5 Å². The minimum atomic E-state index is -1.38. The highest BCUT2D eigenvalue weighted by Crippen LogP contribution is 2.39. The lowest BCUT2D eigenvalue weighted by Gasteiger charge is -2.19. The lowest BCUT2D eigenvalue weighted by atomic mass is 9.96. The molecule has 8 heteroatoms. The van der Waals surface area contributed by atoms with Crippen LogP contribution >= 0.6 is 11.8 Å². The second-order valence-corrected chi connectivity index (χ2v) is 10.8. The summed E-state index contributed by atoms with van der Waals surface area (Å²) in [5.74, 6) is -0.491. The molecule has 3 aromatic carbocycles. The Hall–Kier alpha value is -4.30. The van der Waals surface area contributed by atoms with Crippen molar-refractivity contribution in [3.63, 3.8) is 0 Å². The van der Waals surface area contributed by atoms with Crippen LogP contribution in [-0.2, 0) is 21.8 Å². The van der Waals surface area contributed by atoms with Crippen molar-refractivity contribution in [3.8, 4) is 11.1 Å². The van der Waals surface area contributed by atoms with E-state index in [1.807, 2.05) is 80.6 Å². The third-order valence-electron chi connectivity index (χ3n) is 7.05. The highest BCUT2D eigenvalue weighted by Gasteiger charge is 2.23. The van der Waals surface area contributed by atoms with Gasteiger partial charge in [0.2, 0.25) is 5.91 Å². The Labute approximate surface area is 235 Å². The molecule has 5 aromatic rings. The summed E-state index contributed by atoms with van der Waals surface area (Å²) in [7, 11) is 0. The quantitative estimate of drug-likeness (QED) is 0.259. The van der Waals surface area contributed by atoms with Gasteiger partial charge in [0.05, 0.1) is 24.0 Å². The molecule has 7 nitrogen and oxygen atoms in total. The van der Waals surface area contributed by atoms with E-state index in [1.165, 1.54) is 11.8 Å². The summed E-state index contributed by atoms with van der Waals surface area (Å²) in [6.45, 7) is 5.51. The zero-order valence-corrected chi connectivity index (χ0v) is 23.2. The standard InChI is InChI=1S/C32H29NO6S/c1-18-23-14-25-28(22-12-8-5-9-13-22)20(3)38-30(25)19(2)29(23)39-32(37)24(18)15-27(34)33-26(31(35)36)17-40-16-21-10-6-4-7-11-21/h4-14,26H,15-17H2,1-3H3,(H,33,34)(H,35,36)/p-1/t26-/m0/s1. The molecule has 5 rings (SSSR count). The van der Waals surface area contributed by atoms with Crippen molar-refractivity contribution in [1.82, 2.24) is 5.32 Å². The van der Waals surface area contributed by atoms with E-state index >= 15 is 0 Å². The van der Waals surface area contributed by atoms with E-state index in [0.717, 1.165) is 27.8 Å². The van der Waals surface area contributed by atoms with Gasteiger partial charge in [-0.2, -0.15) is 11.8 Å². The Balaban J connectivity index is 1.43. The molecule has 0 bridgehead atoms. The van der Waals surface area contributed by atoms with Gasteiger partial charge in [-0.15, -0.1) is 0 Å². The van der Waals surface area contributed by atoms with Gasteiger partial charge in [0, 0.05) is 33.4 Å². The molecule has 2 heterocycles. The Bertz CT molecular complexity index is 1770. The number of benzene rings is 3. The van der Waals surface area contributed by atoms with Crippen molar-refractivity contribution in [2.24, 2.45) is 0 Å². The maximum Gasteiger partial charge on any atom is 0.340 e. The number of fused-ring (bicyclic) bond motifs is 2. The molecule has 2 aromatic heterocycles. The largest absolute Gasteiger partial charge is 0.548 e. The first kappa shape index (κ1) is 27.3. The molecule has 1 amide bonds. The first-order valence-corrected chi connectivity index (χ1v) is 14.1. The minimum absolute atomic E-state index is 0.132. The van der Waals surface area contributed by atoms with Crippen molar-refractivity contribution < 1.29 is 23.5 Å². The van der Waals surface area contributed by atoms with E-state index in [2.05, 4.69) is 5.32 Å². The highest BCUT2D eigenvalue weighted by molar-refractivity contribution is 7.98. The number of aliphatic carboxylic acids is 1. The second-order valence-electron chi connectivity index (χ2n) is 9.76. The number of carboxylic acids is 1. The Morgan fingerprint density at radius 1 is 0.900 bits per heavy atom. The third kappa shape index (κ3) is 5.40. The first-order valence-electron chi connectivity index (χ1n) is 12.9. The fourth-order valence-corrected chi connectivity index (χ4v) is 5.99. The van der Waals surface area contributed by atoms with Crippen LogP contribution in [0.5, 0.6) is 0 Å². The summed E-state index contributed by atoms with van der Waals surface area (Å²) >= 11 is 1.38. The average Bonchev–Trinajstić information content (AvgIpc) is 3.28. The number of aryl methyl sites for hydroxylation is 3. The van der Waals surface area contributed by atoms with Crippen LogP contribution in [0.15, 0.2) is 80.4 Å². The first-order chi connectivity index (χ1) is 19.2. The molecule has 0 spiro atoms. The predicted octanol–water partition coefficient (Wildman–Crippen LogP) is 4.84. The van der Waals surface area contributed by atoms with Crippen molar-refractivity contribution >= 4 is 45.6 Å². The molecule has 1 N–H and O–H groups in total. The monoisotopic (exact) mass is 554 g/mol. The number of rotatable bonds is 9. The fraction of sp³-hybridized carbons (Fsp3) is 0.219. The second kappa shape index (κ2) is 11.4. The van der Waals surface area contributed by atoms with Crippen LogP contribution in [0.3, 0.4) is 0 Å². The van der Waals surface area contributed by atoms with Crippen LogP contribution in [-0.4, -0.2) is 23.7 Å². The van der Waals surface area contributed by atoms with Gasteiger partial charge in [-0.25, -0.2) is 4.79 Å². The number of hydrogen-bond donors (Lipinski definition) is 1. The molecular weight excluding hydrogens is 526 g/mol. The molecule has 0 aliphatic heterocycles. The minimum Gasteiger partial charge on any atom is -0.548 e. The van der Waals surface area contributed by atoms with Crippen molar-refractivity contribution in [2.75, 3.05) is 5.75 Å². The molecule has 0 fully saturated rings. The van der Waals surface area contributed by atoms with Crippen LogP contribution in [0.2, 0.25) is 0 Å². The normalized spacial score (nSPS) is 12.1. The number of thioether (sulfide) groups is 1. The SMILES string of the molecule is Cc1oc2c(C)c3oc(=O)c(CC(=O)N[C@@H](CSCc4ccccc4)C(=O)[O-])c(C)c3cc2c1-c1ccccc1. The van der Waals surface area contributed by atoms with Crippen LogP contribution in [0.25, 0.3) is 33.1 Å². The van der Waals surface area contributed by atoms with E-state index in [1.54, 1.807) is 6.92 Å². The van der Waals surface area contributed by atoms with Crippen molar-refractivity contribution in [2.45, 2.75) is 39.0 Å². The summed E-state index contributed by atoms with van der Waals surface area (Å²) in [5.41, 5.74) is 4.89. The Morgan fingerprint density at radius 3 is 2.23 bits per heavy atom. The molecule has 1 atom stereocenters. The van der Waals surface area contributed by atoms with Gasteiger partial charge >= 0.3 is 5.63 Å². The lowest BCUT2D eigenvalue weighted by molar-refractivity contribution is -0.307. The van der Waals surface area contributed by atoms with Gasteiger partial charge in [0.1, 0.15) is 16.9 Å². The molecule has 40 heavy (non-hydrogen) atoms. The number of carboxylic acid groups (broad SMARTS) is 1. The van der Waals surface area contributed by atoms with Crippen LogP contribution in [0.1, 0.15) is 28.0 Å². The van der Waals surface area contributed by atoms with Gasteiger partial charge in [0.15, 0.2) is 0 Å².